The Morgan fingerprint density at radius 2 is 1.96 bits per heavy atom. The van der Waals surface area contributed by atoms with Crippen LogP contribution in [0.25, 0.3) is 11.1 Å². The van der Waals surface area contributed by atoms with Crippen molar-refractivity contribution in [1.29, 1.82) is 0 Å². The second-order valence-electron chi connectivity index (χ2n) is 7.11. The largest absolute Gasteiger partial charge is 0.354 e. The van der Waals surface area contributed by atoms with Crippen LogP contribution < -0.4 is 10.6 Å². The van der Waals surface area contributed by atoms with E-state index in [0.717, 1.165) is 38.8 Å². The van der Waals surface area contributed by atoms with Crippen molar-refractivity contribution in [2.24, 2.45) is 0 Å². The summed E-state index contributed by atoms with van der Waals surface area (Å²) in [5.74, 6) is 0.148. The molecule has 2 aromatic rings. The molecule has 0 spiro atoms. The highest BCUT2D eigenvalue weighted by atomic mass is 16.2. The molecule has 1 heterocycles. The number of nitrogens with one attached hydrogen (secondary N) is 2. The normalized spacial score (nSPS) is 19.8. The third-order valence-electron chi connectivity index (χ3n) is 5.03. The van der Waals surface area contributed by atoms with Crippen molar-refractivity contribution in [3.8, 4) is 11.1 Å². The van der Waals surface area contributed by atoms with Crippen LogP contribution in [0.1, 0.15) is 37.3 Å². The molecule has 1 fully saturated rings. The first-order valence-electron chi connectivity index (χ1n) is 9.32. The molecule has 2 aromatic carbocycles. The fourth-order valence-electron chi connectivity index (χ4n) is 3.63. The number of rotatable bonds is 6. The van der Waals surface area contributed by atoms with Gasteiger partial charge in [-0.25, -0.2) is 0 Å². The summed E-state index contributed by atoms with van der Waals surface area (Å²) in [6.07, 6.45) is 3.67. The summed E-state index contributed by atoms with van der Waals surface area (Å²) in [6, 6.07) is 17.2. The van der Waals surface area contributed by atoms with Crippen molar-refractivity contribution in [3.63, 3.8) is 0 Å². The van der Waals surface area contributed by atoms with Gasteiger partial charge in [-0.05, 0) is 55.8 Å². The summed E-state index contributed by atoms with van der Waals surface area (Å²) in [7, 11) is 0. The quantitative estimate of drug-likeness (QED) is 0.841. The Morgan fingerprint density at radius 1 is 1.16 bits per heavy atom. The molecule has 0 radical (unpaired) electrons. The first kappa shape index (κ1) is 17.7. The van der Waals surface area contributed by atoms with Gasteiger partial charge in [-0.3, -0.25) is 4.79 Å². The molecule has 1 aliphatic rings. The van der Waals surface area contributed by atoms with Gasteiger partial charge in [-0.1, -0.05) is 61.0 Å². The molecule has 0 saturated carbocycles. The number of aryl methyl sites for hydroxylation is 1. The molecule has 2 N–H and O–H groups in total. The van der Waals surface area contributed by atoms with E-state index in [1.165, 1.54) is 22.3 Å². The van der Waals surface area contributed by atoms with E-state index in [2.05, 4.69) is 73.0 Å². The molecule has 1 atom stereocenters. The molecule has 3 nitrogen and oxygen atoms in total. The maximum atomic E-state index is 12.7. The first-order chi connectivity index (χ1) is 12.1. The van der Waals surface area contributed by atoms with Gasteiger partial charge < -0.3 is 10.6 Å². The van der Waals surface area contributed by atoms with Crippen LogP contribution in [0, 0.1) is 6.92 Å². The minimum absolute atomic E-state index is 0.148. The second-order valence-corrected chi connectivity index (χ2v) is 7.11. The number of hydrogen-bond acceptors (Lipinski definition) is 2. The summed E-state index contributed by atoms with van der Waals surface area (Å²) >= 11 is 0. The SMILES string of the molecule is CCCNC(=O)C1(Cc2ccc(-c3cccc(C)c3)cc2)CCCN1. The average Bonchev–Trinajstić information content (AvgIpc) is 3.10. The first-order valence-corrected chi connectivity index (χ1v) is 9.32. The van der Waals surface area contributed by atoms with Crippen molar-refractivity contribution in [2.75, 3.05) is 13.1 Å². The van der Waals surface area contributed by atoms with Crippen LogP contribution in [-0.2, 0) is 11.2 Å². The molecule has 1 amide bonds. The number of hydrogen-bond donors (Lipinski definition) is 2. The fourth-order valence-corrected chi connectivity index (χ4v) is 3.63. The Bertz CT molecular complexity index is 715. The van der Waals surface area contributed by atoms with Gasteiger partial charge in [0, 0.05) is 6.54 Å². The highest BCUT2D eigenvalue weighted by Gasteiger charge is 2.40. The van der Waals surface area contributed by atoms with E-state index in [1.807, 2.05) is 0 Å². The maximum absolute atomic E-state index is 12.7. The lowest BCUT2D eigenvalue weighted by Crippen LogP contribution is -2.55. The Hall–Kier alpha value is -2.13. The predicted octanol–water partition coefficient (Wildman–Crippen LogP) is 3.85. The summed E-state index contributed by atoms with van der Waals surface area (Å²) < 4.78 is 0. The van der Waals surface area contributed by atoms with Crippen molar-refractivity contribution in [1.82, 2.24) is 10.6 Å². The number of amides is 1. The van der Waals surface area contributed by atoms with Gasteiger partial charge in [0.15, 0.2) is 0 Å². The highest BCUT2D eigenvalue weighted by Crippen LogP contribution is 2.27. The zero-order chi connectivity index (χ0) is 17.7. The van der Waals surface area contributed by atoms with Gasteiger partial charge in [0.2, 0.25) is 5.91 Å². The third-order valence-corrected chi connectivity index (χ3v) is 5.03. The van der Waals surface area contributed by atoms with Crippen molar-refractivity contribution < 1.29 is 4.79 Å². The van der Waals surface area contributed by atoms with Gasteiger partial charge in [0.1, 0.15) is 5.54 Å². The number of carbonyl (C=O) groups is 1. The van der Waals surface area contributed by atoms with Crippen LogP contribution in [0.5, 0.6) is 0 Å². The average molecular weight is 336 g/mol. The molecule has 1 saturated heterocycles. The van der Waals surface area contributed by atoms with Gasteiger partial charge in [0.05, 0.1) is 0 Å². The van der Waals surface area contributed by atoms with E-state index in [-0.39, 0.29) is 5.91 Å². The second kappa shape index (κ2) is 7.83. The molecule has 132 valence electrons. The van der Waals surface area contributed by atoms with Crippen LogP contribution in [0.3, 0.4) is 0 Å². The van der Waals surface area contributed by atoms with Gasteiger partial charge in [0.25, 0.3) is 0 Å². The topological polar surface area (TPSA) is 41.1 Å². The van der Waals surface area contributed by atoms with E-state index in [4.69, 9.17) is 0 Å². The van der Waals surface area contributed by atoms with Crippen molar-refractivity contribution in [2.45, 2.75) is 45.1 Å². The molecule has 1 unspecified atom stereocenters. The highest BCUT2D eigenvalue weighted by molar-refractivity contribution is 5.87. The van der Waals surface area contributed by atoms with Gasteiger partial charge >= 0.3 is 0 Å². The van der Waals surface area contributed by atoms with Crippen LogP contribution in [0.4, 0.5) is 0 Å². The maximum Gasteiger partial charge on any atom is 0.240 e. The van der Waals surface area contributed by atoms with Gasteiger partial charge in [-0.15, -0.1) is 0 Å². The van der Waals surface area contributed by atoms with E-state index >= 15 is 0 Å². The monoisotopic (exact) mass is 336 g/mol. The predicted molar refractivity (Wildman–Crippen MR) is 104 cm³/mol. The Balaban J connectivity index is 1.76. The molecule has 0 bridgehead atoms. The molecule has 0 aliphatic carbocycles. The molecule has 3 rings (SSSR count). The lowest BCUT2D eigenvalue weighted by atomic mass is 9.87. The minimum atomic E-state index is -0.444. The summed E-state index contributed by atoms with van der Waals surface area (Å²) in [4.78, 5) is 12.7. The Kier molecular flexibility index (Phi) is 5.54. The van der Waals surface area contributed by atoms with Crippen LogP contribution in [0.2, 0.25) is 0 Å². The van der Waals surface area contributed by atoms with Crippen LogP contribution in [-0.4, -0.2) is 24.5 Å². The Labute approximate surface area is 150 Å². The third kappa shape index (κ3) is 4.10. The molecule has 3 heteroatoms. The van der Waals surface area contributed by atoms with Gasteiger partial charge in [-0.2, -0.15) is 0 Å². The van der Waals surface area contributed by atoms with E-state index in [1.54, 1.807) is 0 Å². The summed E-state index contributed by atoms with van der Waals surface area (Å²) in [6.45, 7) is 5.86. The zero-order valence-corrected chi connectivity index (χ0v) is 15.3. The Morgan fingerprint density at radius 3 is 2.60 bits per heavy atom. The standard InChI is InChI=1S/C22H28N2O/c1-3-13-23-21(25)22(12-5-14-24-22)16-18-8-10-19(11-9-18)20-7-4-6-17(2)15-20/h4,6-11,15,24H,3,5,12-14,16H2,1-2H3,(H,23,25). The minimum Gasteiger partial charge on any atom is -0.354 e. The van der Waals surface area contributed by atoms with E-state index in [9.17, 15) is 4.79 Å². The lowest BCUT2D eigenvalue weighted by Gasteiger charge is -2.28. The van der Waals surface area contributed by atoms with Crippen molar-refractivity contribution >= 4 is 5.91 Å². The molecule has 25 heavy (non-hydrogen) atoms. The van der Waals surface area contributed by atoms with E-state index < -0.39 is 5.54 Å². The fraction of sp³-hybridized carbons (Fsp3) is 0.409. The van der Waals surface area contributed by atoms with E-state index in [0.29, 0.717) is 0 Å². The van der Waals surface area contributed by atoms with Crippen molar-refractivity contribution in [3.05, 3.63) is 59.7 Å². The zero-order valence-electron chi connectivity index (χ0n) is 15.3. The summed E-state index contributed by atoms with van der Waals surface area (Å²) in [5, 5.41) is 6.55. The molecule has 0 aromatic heterocycles. The molecule has 1 aliphatic heterocycles. The summed E-state index contributed by atoms with van der Waals surface area (Å²) in [5.41, 5.74) is 4.48. The number of carbonyl (C=O) groups excluding carboxylic acids is 1. The molecular weight excluding hydrogens is 308 g/mol. The lowest BCUT2D eigenvalue weighted by molar-refractivity contribution is -0.127. The smallest absolute Gasteiger partial charge is 0.240 e. The number of benzene rings is 2. The molecular formula is C22H28N2O. The van der Waals surface area contributed by atoms with Crippen LogP contribution >= 0.6 is 0 Å². The van der Waals surface area contributed by atoms with Crippen LogP contribution in [0.15, 0.2) is 48.5 Å².